The van der Waals surface area contributed by atoms with Gasteiger partial charge in [0.05, 0.1) is 21.7 Å². The first-order valence-corrected chi connectivity index (χ1v) is 9.30. The molecular weight excluding hydrogens is 356 g/mol. The number of halogens is 1. The van der Waals surface area contributed by atoms with E-state index in [-0.39, 0.29) is 5.56 Å². The molecule has 0 N–H and O–H groups in total. The van der Waals surface area contributed by atoms with Gasteiger partial charge in [-0.3, -0.25) is 13.8 Å². The molecule has 5 nitrogen and oxygen atoms in total. The number of hydrogen-bond acceptors (Lipinski definition) is 4. The Morgan fingerprint density at radius 2 is 1.84 bits per heavy atom. The normalized spacial score (nSPS) is 11.4. The van der Waals surface area contributed by atoms with Crippen LogP contribution in [0.2, 0.25) is 5.02 Å². The molecule has 0 amide bonds. The van der Waals surface area contributed by atoms with Crippen LogP contribution in [0, 0.1) is 0 Å². The molecule has 4 rings (SSSR count). The summed E-state index contributed by atoms with van der Waals surface area (Å²) in [6.07, 6.45) is 0. The number of nitrogens with zero attached hydrogens (tertiary/aromatic N) is 4. The predicted octanol–water partition coefficient (Wildman–Crippen LogP) is 4.01. The molecule has 0 aliphatic heterocycles. The topological polar surface area (TPSA) is 52.2 Å². The summed E-state index contributed by atoms with van der Waals surface area (Å²) < 4.78 is 3.61. The van der Waals surface area contributed by atoms with Crippen LogP contribution in [0.25, 0.3) is 16.7 Å². The average Bonchev–Trinajstić information content (AvgIpc) is 3.05. The van der Waals surface area contributed by atoms with E-state index in [1.54, 1.807) is 16.3 Å². The van der Waals surface area contributed by atoms with Gasteiger partial charge in [0, 0.05) is 11.4 Å². The summed E-state index contributed by atoms with van der Waals surface area (Å²) in [6, 6.07) is 15.3. The van der Waals surface area contributed by atoms with E-state index in [9.17, 15) is 4.79 Å². The van der Waals surface area contributed by atoms with Crippen LogP contribution in [0.5, 0.6) is 0 Å². The monoisotopic (exact) mass is 370 g/mol. The van der Waals surface area contributed by atoms with Crippen molar-refractivity contribution >= 4 is 40.0 Å². The Labute approximate surface area is 153 Å². The zero-order valence-corrected chi connectivity index (χ0v) is 15.1. The molecule has 0 spiro atoms. The van der Waals surface area contributed by atoms with Crippen LogP contribution in [0.15, 0.2) is 58.2 Å². The Kier molecular flexibility index (Phi) is 4.23. The van der Waals surface area contributed by atoms with Gasteiger partial charge in [-0.25, -0.2) is 0 Å². The van der Waals surface area contributed by atoms with Crippen molar-refractivity contribution in [2.45, 2.75) is 24.1 Å². The van der Waals surface area contributed by atoms with Crippen molar-refractivity contribution in [1.82, 2.24) is 19.2 Å². The van der Waals surface area contributed by atoms with Crippen molar-refractivity contribution in [1.29, 1.82) is 0 Å². The van der Waals surface area contributed by atoms with Gasteiger partial charge in [0.25, 0.3) is 5.56 Å². The summed E-state index contributed by atoms with van der Waals surface area (Å²) in [5, 5.41) is 9.98. The van der Waals surface area contributed by atoms with E-state index in [0.29, 0.717) is 23.5 Å². The zero-order valence-electron chi connectivity index (χ0n) is 13.5. The Morgan fingerprint density at radius 1 is 1.08 bits per heavy atom. The smallest absolute Gasteiger partial charge is 0.262 e. The fraction of sp³-hybridized carbons (Fsp3) is 0.167. The standard InChI is InChI=1S/C18H15ClN4OS/c1-2-22-17(24)12-7-3-5-9-14(12)23-16(20-21-18(22)23)11-25-15-10-6-4-8-13(15)19/h3-10H,2,11H2,1H3. The summed E-state index contributed by atoms with van der Waals surface area (Å²) in [4.78, 5) is 13.7. The van der Waals surface area contributed by atoms with E-state index < -0.39 is 0 Å². The van der Waals surface area contributed by atoms with Gasteiger partial charge in [0.15, 0.2) is 0 Å². The first kappa shape index (κ1) is 16.2. The SMILES string of the molecule is CCn1c(=O)c2ccccc2n2c(CSc3ccccc3Cl)nnc12. The van der Waals surface area contributed by atoms with Crippen LogP contribution in [0.4, 0.5) is 0 Å². The molecule has 0 radical (unpaired) electrons. The zero-order chi connectivity index (χ0) is 17.4. The maximum Gasteiger partial charge on any atom is 0.262 e. The molecule has 0 saturated heterocycles. The highest BCUT2D eigenvalue weighted by molar-refractivity contribution is 7.98. The summed E-state index contributed by atoms with van der Waals surface area (Å²) in [5.74, 6) is 1.97. The van der Waals surface area contributed by atoms with Crippen LogP contribution >= 0.6 is 23.4 Å². The summed E-state index contributed by atoms with van der Waals surface area (Å²) >= 11 is 7.84. The second-order valence-electron chi connectivity index (χ2n) is 5.54. The van der Waals surface area contributed by atoms with Gasteiger partial charge in [0.2, 0.25) is 5.78 Å². The summed E-state index contributed by atoms with van der Waals surface area (Å²) in [6.45, 7) is 2.48. The number of rotatable bonds is 4. The molecule has 0 unspecified atom stereocenters. The van der Waals surface area contributed by atoms with Gasteiger partial charge in [-0.15, -0.1) is 22.0 Å². The van der Waals surface area contributed by atoms with Crippen LogP contribution in [0.3, 0.4) is 0 Å². The summed E-state index contributed by atoms with van der Waals surface area (Å²) in [5.41, 5.74) is 0.787. The highest BCUT2D eigenvalue weighted by Gasteiger charge is 2.15. The second kappa shape index (κ2) is 6.54. The Bertz CT molecular complexity index is 1140. The van der Waals surface area contributed by atoms with Gasteiger partial charge in [-0.2, -0.15) is 0 Å². The third-order valence-corrected chi connectivity index (χ3v) is 5.60. The van der Waals surface area contributed by atoms with E-state index in [1.165, 1.54) is 0 Å². The lowest BCUT2D eigenvalue weighted by atomic mass is 10.2. The minimum atomic E-state index is -0.0386. The third-order valence-electron chi connectivity index (χ3n) is 4.08. The van der Waals surface area contributed by atoms with Crippen LogP contribution in [-0.4, -0.2) is 19.2 Å². The first-order chi connectivity index (χ1) is 12.2. The van der Waals surface area contributed by atoms with E-state index in [4.69, 9.17) is 11.6 Å². The van der Waals surface area contributed by atoms with E-state index in [1.807, 2.05) is 59.9 Å². The van der Waals surface area contributed by atoms with Crippen molar-refractivity contribution in [2.24, 2.45) is 0 Å². The van der Waals surface area contributed by atoms with Crippen LogP contribution < -0.4 is 5.56 Å². The molecule has 2 aromatic heterocycles. The number of aryl methyl sites for hydroxylation is 1. The van der Waals surface area contributed by atoms with Crippen molar-refractivity contribution in [3.8, 4) is 0 Å². The molecule has 0 bridgehead atoms. The fourth-order valence-corrected chi connectivity index (χ4v) is 4.05. The van der Waals surface area contributed by atoms with Crippen LogP contribution in [-0.2, 0) is 12.3 Å². The molecule has 0 saturated carbocycles. The van der Waals surface area contributed by atoms with Crippen LogP contribution in [0.1, 0.15) is 12.7 Å². The Hall–Kier alpha value is -2.31. The van der Waals surface area contributed by atoms with E-state index >= 15 is 0 Å². The number of aromatic nitrogens is 4. The molecular formula is C18H15ClN4OS. The molecule has 0 atom stereocenters. The van der Waals surface area contributed by atoms with E-state index in [2.05, 4.69) is 10.2 Å². The Morgan fingerprint density at radius 3 is 2.64 bits per heavy atom. The van der Waals surface area contributed by atoms with Gasteiger partial charge < -0.3 is 0 Å². The van der Waals surface area contributed by atoms with Gasteiger partial charge in [-0.1, -0.05) is 35.9 Å². The highest BCUT2D eigenvalue weighted by atomic mass is 35.5. The molecule has 4 aromatic rings. The fourth-order valence-electron chi connectivity index (χ4n) is 2.90. The van der Waals surface area contributed by atoms with Crippen molar-refractivity contribution in [2.75, 3.05) is 0 Å². The minimum Gasteiger partial charge on any atom is -0.277 e. The summed E-state index contributed by atoms with van der Waals surface area (Å²) in [7, 11) is 0. The first-order valence-electron chi connectivity index (χ1n) is 7.93. The van der Waals surface area contributed by atoms with E-state index in [0.717, 1.165) is 21.3 Å². The number of fused-ring (bicyclic) bond motifs is 3. The molecule has 25 heavy (non-hydrogen) atoms. The van der Waals surface area contributed by atoms with Gasteiger partial charge in [0.1, 0.15) is 5.82 Å². The van der Waals surface area contributed by atoms with Crippen molar-refractivity contribution < 1.29 is 0 Å². The molecule has 7 heteroatoms. The molecule has 0 fully saturated rings. The molecule has 0 aliphatic rings. The maximum atomic E-state index is 12.7. The minimum absolute atomic E-state index is 0.0386. The highest BCUT2D eigenvalue weighted by Crippen LogP contribution is 2.29. The van der Waals surface area contributed by atoms with Gasteiger partial charge in [-0.05, 0) is 31.2 Å². The average molecular weight is 371 g/mol. The van der Waals surface area contributed by atoms with Gasteiger partial charge >= 0.3 is 0 Å². The lowest BCUT2D eigenvalue weighted by Gasteiger charge is -2.09. The quantitative estimate of drug-likeness (QED) is 0.509. The lowest BCUT2D eigenvalue weighted by Crippen LogP contribution is -2.22. The molecule has 2 aromatic carbocycles. The number of thioether (sulfide) groups is 1. The molecule has 0 aliphatic carbocycles. The third kappa shape index (κ3) is 2.71. The largest absolute Gasteiger partial charge is 0.277 e. The van der Waals surface area contributed by atoms with Crippen molar-refractivity contribution in [3.63, 3.8) is 0 Å². The number of para-hydroxylation sites is 1. The van der Waals surface area contributed by atoms with Crippen molar-refractivity contribution in [3.05, 3.63) is 69.7 Å². The lowest BCUT2D eigenvalue weighted by molar-refractivity contribution is 0.735. The maximum absolute atomic E-state index is 12.7. The number of hydrogen-bond donors (Lipinski definition) is 0. The Balaban J connectivity index is 1.87. The molecule has 2 heterocycles. The molecule has 126 valence electrons. The second-order valence-corrected chi connectivity index (χ2v) is 6.96. The number of benzene rings is 2. The predicted molar refractivity (Wildman–Crippen MR) is 101 cm³/mol.